The quantitative estimate of drug-likeness (QED) is 0.866. The number of benzene rings is 1. The number of carbonyl (C=O) groups is 2. The molecule has 0 aliphatic heterocycles. The van der Waals surface area contributed by atoms with Crippen LogP contribution in [0, 0.1) is 17.7 Å². The predicted molar refractivity (Wildman–Crippen MR) is 71.6 cm³/mol. The predicted octanol–water partition coefficient (Wildman–Crippen LogP) is 1.98. The summed E-state index contributed by atoms with van der Waals surface area (Å²) in [6, 6.07) is 6.16. The summed E-state index contributed by atoms with van der Waals surface area (Å²) in [7, 11) is 0. The van der Waals surface area contributed by atoms with Crippen molar-refractivity contribution >= 4 is 11.9 Å². The lowest BCUT2D eigenvalue weighted by molar-refractivity contribution is -0.146. The number of carboxylic acid groups (broad SMARTS) is 1. The Bertz CT molecular complexity index is 512. The third-order valence-corrected chi connectivity index (χ3v) is 3.71. The first kappa shape index (κ1) is 14.5. The van der Waals surface area contributed by atoms with Gasteiger partial charge in [-0.25, -0.2) is 4.39 Å². The first-order valence-corrected chi connectivity index (χ1v) is 6.73. The maximum Gasteiger partial charge on any atom is 0.306 e. The summed E-state index contributed by atoms with van der Waals surface area (Å²) < 4.78 is 13.1. The van der Waals surface area contributed by atoms with Gasteiger partial charge < -0.3 is 10.4 Å². The zero-order valence-electron chi connectivity index (χ0n) is 11.3. The molecule has 1 saturated carbocycles. The van der Waals surface area contributed by atoms with Gasteiger partial charge in [0.05, 0.1) is 5.92 Å². The molecule has 1 amide bonds. The number of hydrogen-bond acceptors (Lipinski definition) is 2. The highest BCUT2D eigenvalue weighted by Gasteiger charge is 2.35. The van der Waals surface area contributed by atoms with E-state index in [-0.39, 0.29) is 29.6 Å². The van der Waals surface area contributed by atoms with Gasteiger partial charge >= 0.3 is 5.97 Å². The highest BCUT2D eigenvalue weighted by molar-refractivity contribution is 5.79. The molecule has 2 N–H and O–H groups in total. The zero-order valence-corrected chi connectivity index (χ0v) is 11.3. The second-order valence-electron chi connectivity index (χ2n) is 5.45. The van der Waals surface area contributed by atoms with E-state index in [2.05, 4.69) is 5.32 Å². The van der Waals surface area contributed by atoms with Crippen molar-refractivity contribution < 1.29 is 19.1 Å². The number of carboxylic acids is 1. The fourth-order valence-electron chi connectivity index (χ4n) is 2.39. The number of nitrogens with one attached hydrogen (secondary N) is 1. The van der Waals surface area contributed by atoms with Crippen molar-refractivity contribution in [2.75, 3.05) is 0 Å². The standard InChI is InChI=1S/C15H18FNO3/c1-9(5-10-3-2-4-12(16)6-10)14(18)17-13-7-11(8-13)15(19)20/h2-4,6,9,11,13H,5,7-8H2,1H3,(H,17,18)(H,19,20). The van der Waals surface area contributed by atoms with Gasteiger partial charge in [0.2, 0.25) is 5.91 Å². The molecule has 1 aliphatic rings. The molecular formula is C15H18FNO3. The largest absolute Gasteiger partial charge is 0.481 e. The average Bonchev–Trinajstić information content (AvgIpc) is 2.32. The molecule has 1 fully saturated rings. The van der Waals surface area contributed by atoms with E-state index in [1.165, 1.54) is 12.1 Å². The maximum atomic E-state index is 13.1. The molecule has 1 aliphatic carbocycles. The summed E-state index contributed by atoms with van der Waals surface area (Å²) >= 11 is 0. The van der Waals surface area contributed by atoms with Gasteiger partial charge in [-0.3, -0.25) is 9.59 Å². The van der Waals surface area contributed by atoms with Gasteiger partial charge in [0.1, 0.15) is 5.82 Å². The molecule has 0 spiro atoms. The molecule has 1 aromatic carbocycles. The minimum absolute atomic E-state index is 0.0430. The van der Waals surface area contributed by atoms with Crippen LogP contribution in [0.2, 0.25) is 0 Å². The third-order valence-electron chi connectivity index (χ3n) is 3.71. The molecule has 0 bridgehead atoms. The van der Waals surface area contributed by atoms with E-state index < -0.39 is 5.97 Å². The van der Waals surface area contributed by atoms with Crippen LogP contribution in [0.3, 0.4) is 0 Å². The smallest absolute Gasteiger partial charge is 0.306 e. The molecule has 1 unspecified atom stereocenters. The number of carbonyl (C=O) groups excluding carboxylic acids is 1. The molecule has 20 heavy (non-hydrogen) atoms. The van der Waals surface area contributed by atoms with Crippen molar-refractivity contribution in [3.63, 3.8) is 0 Å². The van der Waals surface area contributed by atoms with E-state index in [1.807, 2.05) is 0 Å². The lowest BCUT2D eigenvalue weighted by Gasteiger charge is -2.33. The van der Waals surface area contributed by atoms with Crippen molar-refractivity contribution in [2.24, 2.45) is 11.8 Å². The Morgan fingerprint density at radius 1 is 1.45 bits per heavy atom. The molecule has 1 atom stereocenters. The first-order valence-electron chi connectivity index (χ1n) is 6.73. The van der Waals surface area contributed by atoms with E-state index in [4.69, 9.17) is 5.11 Å². The molecule has 4 nitrogen and oxygen atoms in total. The summed E-state index contributed by atoms with van der Waals surface area (Å²) in [5, 5.41) is 11.6. The van der Waals surface area contributed by atoms with Crippen LogP contribution < -0.4 is 5.32 Å². The minimum atomic E-state index is -0.802. The van der Waals surface area contributed by atoms with E-state index in [1.54, 1.807) is 19.1 Å². The lowest BCUT2D eigenvalue weighted by Crippen LogP contribution is -2.48. The Morgan fingerprint density at radius 2 is 2.15 bits per heavy atom. The van der Waals surface area contributed by atoms with Gasteiger partial charge in [0.15, 0.2) is 0 Å². The number of rotatable bonds is 5. The fourth-order valence-corrected chi connectivity index (χ4v) is 2.39. The Morgan fingerprint density at radius 3 is 2.75 bits per heavy atom. The van der Waals surface area contributed by atoms with Gasteiger partial charge in [-0.1, -0.05) is 19.1 Å². The summed E-state index contributed by atoms with van der Waals surface area (Å²) in [5.74, 6) is -1.82. The summed E-state index contributed by atoms with van der Waals surface area (Å²) in [6.45, 7) is 1.79. The van der Waals surface area contributed by atoms with Gasteiger partial charge in [0, 0.05) is 12.0 Å². The van der Waals surface area contributed by atoms with Crippen LogP contribution in [-0.2, 0) is 16.0 Å². The second kappa shape index (κ2) is 6.03. The number of halogens is 1. The maximum absolute atomic E-state index is 13.1. The molecule has 0 aromatic heterocycles. The Hall–Kier alpha value is -1.91. The zero-order chi connectivity index (χ0) is 14.7. The Balaban J connectivity index is 1.80. The van der Waals surface area contributed by atoms with Crippen LogP contribution >= 0.6 is 0 Å². The van der Waals surface area contributed by atoms with E-state index in [0.29, 0.717) is 19.3 Å². The molecular weight excluding hydrogens is 261 g/mol. The van der Waals surface area contributed by atoms with Crippen LogP contribution in [0.25, 0.3) is 0 Å². The van der Waals surface area contributed by atoms with E-state index in [9.17, 15) is 14.0 Å². The molecule has 5 heteroatoms. The van der Waals surface area contributed by atoms with Gasteiger partial charge in [-0.2, -0.15) is 0 Å². The summed E-state index contributed by atoms with van der Waals surface area (Å²) in [5.41, 5.74) is 0.782. The summed E-state index contributed by atoms with van der Waals surface area (Å²) in [4.78, 5) is 22.6. The molecule has 0 saturated heterocycles. The lowest BCUT2D eigenvalue weighted by atomic mass is 9.80. The summed E-state index contributed by atoms with van der Waals surface area (Å²) in [6.07, 6.45) is 1.46. The van der Waals surface area contributed by atoms with Crippen LogP contribution in [0.4, 0.5) is 4.39 Å². The average molecular weight is 279 g/mol. The van der Waals surface area contributed by atoms with Crippen molar-refractivity contribution in [3.05, 3.63) is 35.6 Å². The van der Waals surface area contributed by atoms with Crippen molar-refractivity contribution in [1.82, 2.24) is 5.32 Å². The van der Waals surface area contributed by atoms with Crippen molar-refractivity contribution in [3.8, 4) is 0 Å². The topological polar surface area (TPSA) is 66.4 Å². The molecule has 2 rings (SSSR count). The number of aliphatic carboxylic acids is 1. The SMILES string of the molecule is CC(Cc1cccc(F)c1)C(=O)NC1CC(C(=O)O)C1. The van der Waals surface area contributed by atoms with Crippen LogP contribution in [0.15, 0.2) is 24.3 Å². The minimum Gasteiger partial charge on any atom is -0.481 e. The number of amides is 1. The number of hydrogen-bond donors (Lipinski definition) is 2. The normalized spacial score (nSPS) is 22.7. The van der Waals surface area contributed by atoms with Gasteiger partial charge in [-0.05, 0) is 37.0 Å². The molecule has 1 aromatic rings. The first-order chi connectivity index (χ1) is 9.45. The van der Waals surface area contributed by atoms with Crippen LogP contribution in [0.1, 0.15) is 25.3 Å². The van der Waals surface area contributed by atoms with E-state index in [0.717, 1.165) is 5.56 Å². The van der Waals surface area contributed by atoms with Crippen LogP contribution in [0.5, 0.6) is 0 Å². The Labute approximate surface area is 117 Å². The van der Waals surface area contributed by atoms with Crippen LogP contribution in [-0.4, -0.2) is 23.0 Å². The molecule has 0 heterocycles. The fraction of sp³-hybridized carbons (Fsp3) is 0.467. The third kappa shape index (κ3) is 3.56. The van der Waals surface area contributed by atoms with Crippen molar-refractivity contribution in [1.29, 1.82) is 0 Å². The molecule has 0 radical (unpaired) electrons. The Kier molecular flexibility index (Phi) is 4.37. The van der Waals surface area contributed by atoms with E-state index >= 15 is 0 Å². The highest BCUT2D eigenvalue weighted by atomic mass is 19.1. The molecule has 108 valence electrons. The highest BCUT2D eigenvalue weighted by Crippen LogP contribution is 2.27. The second-order valence-corrected chi connectivity index (χ2v) is 5.45. The monoisotopic (exact) mass is 279 g/mol. The van der Waals surface area contributed by atoms with Gasteiger partial charge in [-0.15, -0.1) is 0 Å². The van der Waals surface area contributed by atoms with Gasteiger partial charge in [0.25, 0.3) is 0 Å². The van der Waals surface area contributed by atoms with Crippen molar-refractivity contribution in [2.45, 2.75) is 32.2 Å².